The van der Waals surface area contributed by atoms with E-state index in [1.54, 1.807) is 12.1 Å². The van der Waals surface area contributed by atoms with Gasteiger partial charge in [0.25, 0.3) is 0 Å². The van der Waals surface area contributed by atoms with Crippen LogP contribution >= 0.6 is 0 Å². The number of carbonyl (C=O) groups excluding carboxylic acids is 1. The third-order valence-corrected chi connectivity index (χ3v) is 7.48. The molecule has 0 fully saturated rings. The zero-order valence-corrected chi connectivity index (χ0v) is 25.0. The number of methoxy groups -OCH3 is 1. The van der Waals surface area contributed by atoms with Gasteiger partial charge in [0.2, 0.25) is 5.75 Å². The maximum Gasteiger partial charge on any atom is 0.338 e. The molecule has 5 heteroatoms. The van der Waals surface area contributed by atoms with Gasteiger partial charge in [-0.25, -0.2) is 4.79 Å². The average molecular weight is 521 g/mol. The maximum atomic E-state index is 12.6. The first-order valence-corrected chi connectivity index (χ1v) is 15.1. The lowest BCUT2D eigenvalue weighted by molar-refractivity contribution is 0.0599. The summed E-state index contributed by atoms with van der Waals surface area (Å²) in [7, 11) is 1.41. The molecule has 0 bridgehead atoms. The van der Waals surface area contributed by atoms with Crippen molar-refractivity contribution in [2.75, 3.05) is 26.9 Å². The van der Waals surface area contributed by atoms with Crippen molar-refractivity contribution in [3.8, 4) is 17.2 Å². The zero-order valence-electron chi connectivity index (χ0n) is 25.0. The maximum absolute atomic E-state index is 12.6. The van der Waals surface area contributed by atoms with E-state index in [-0.39, 0.29) is 0 Å². The van der Waals surface area contributed by atoms with Gasteiger partial charge in [0, 0.05) is 0 Å². The number of ether oxygens (including phenoxy) is 4. The van der Waals surface area contributed by atoms with Gasteiger partial charge in [0.1, 0.15) is 0 Å². The fourth-order valence-electron chi connectivity index (χ4n) is 4.48. The lowest BCUT2D eigenvalue weighted by atomic mass is 10.00. The molecule has 0 amide bonds. The summed E-state index contributed by atoms with van der Waals surface area (Å²) in [6.07, 6.45) is 13.7. The Morgan fingerprint density at radius 2 is 1.03 bits per heavy atom. The molecular formula is C32H56O5. The Morgan fingerprint density at radius 1 is 0.649 bits per heavy atom. The molecule has 1 aromatic carbocycles. The Balaban J connectivity index is 3.32. The van der Waals surface area contributed by atoms with Crippen LogP contribution in [-0.2, 0) is 4.74 Å². The Bertz CT molecular complexity index is 691. The molecule has 0 spiro atoms. The van der Waals surface area contributed by atoms with Gasteiger partial charge < -0.3 is 18.9 Å². The van der Waals surface area contributed by atoms with Crippen molar-refractivity contribution in [1.29, 1.82) is 0 Å². The van der Waals surface area contributed by atoms with E-state index in [0.29, 0.717) is 60.4 Å². The van der Waals surface area contributed by atoms with Gasteiger partial charge in [-0.1, -0.05) is 99.3 Å². The second-order valence-corrected chi connectivity index (χ2v) is 10.5. The Hall–Kier alpha value is -1.91. The van der Waals surface area contributed by atoms with Crippen molar-refractivity contribution >= 4 is 5.97 Å². The van der Waals surface area contributed by atoms with Crippen molar-refractivity contribution in [3.63, 3.8) is 0 Å². The molecular weight excluding hydrogens is 464 g/mol. The predicted molar refractivity (Wildman–Crippen MR) is 154 cm³/mol. The first-order chi connectivity index (χ1) is 18.0. The first kappa shape index (κ1) is 33.1. The molecule has 3 atom stereocenters. The van der Waals surface area contributed by atoms with E-state index in [2.05, 4.69) is 41.5 Å². The highest BCUT2D eigenvalue weighted by Crippen LogP contribution is 2.41. The van der Waals surface area contributed by atoms with Gasteiger partial charge in [0.15, 0.2) is 11.5 Å². The molecule has 0 radical (unpaired) electrons. The number of benzene rings is 1. The normalized spacial score (nSPS) is 13.6. The molecule has 0 N–H and O–H groups in total. The van der Waals surface area contributed by atoms with Crippen LogP contribution in [0.1, 0.15) is 129 Å². The van der Waals surface area contributed by atoms with Crippen molar-refractivity contribution in [2.45, 2.75) is 119 Å². The number of rotatable bonds is 22. The third-order valence-electron chi connectivity index (χ3n) is 7.48. The minimum absolute atomic E-state index is 0.397. The van der Waals surface area contributed by atoms with E-state index < -0.39 is 5.97 Å². The lowest BCUT2D eigenvalue weighted by Gasteiger charge is -2.23. The molecule has 0 aliphatic carbocycles. The van der Waals surface area contributed by atoms with E-state index in [4.69, 9.17) is 18.9 Å². The number of carbonyl (C=O) groups is 1. The second-order valence-electron chi connectivity index (χ2n) is 10.5. The molecule has 0 aliphatic heterocycles. The topological polar surface area (TPSA) is 54.0 Å². The summed E-state index contributed by atoms with van der Waals surface area (Å²) >= 11 is 0. The summed E-state index contributed by atoms with van der Waals surface area (Å²) in [6.45, 7) is 15.1. The number of unbranched alkanes of at least 4 members (excludes halogenated alkanes) is 3. The van der Waals surface area contributed by atoms with Crippen molar-refractivity contribution in [1.82, 2.24) is 0 Å². The van der Waals surface area contributed by atoms with E-state index in [0.717, 1.165) is 38.5 Å². The summed E-state index contributed by atoms with van der Waals surface area (Å²) in [6, 6.07) is 3.53. The smallest absolute Gasteiger partial charge is 0.338 e. The van der Waals surface area contributed by atoms with E-state index in [1.807, 2.05) is 0 Å². The molecule has 0 aliphatic rings. The number of hydrogen-bond donors (Lipinski definition) is 0. The summed E-state index contributed by atoms with van der Waals surface area (Å²) in [5.74, 6) is 2.79. The van der Waals surface area contributed by atoms with Crippen LogP contribution in [0.3, 0.4) is 0 Å². The average Bonchev–Trinajstić information content (AvgIpc) is 2.93. The molecule has 0 saturated heterocycles. The van der Waals surface area contributed by atoms with Crippen LogP contribution in [0.25, 0.3) is 0 Å². The summed E-state index contributed by atoms with van der Waals surface area (Å²) in [5.41, 5.74) is 0.432. The highest BCUT2D eigenvalue weighted by Gasteiger charge is 2.22. The summed E-state index contributed by atoms with van der Waals surface area (Å²) < 4.78 is 24.3. The number of esters is 1. The second kappa shape index (κ2) is 20.1. The van der Waals surface area contributed by atoms with Gasteiger partial charge in [-0.05, 0) is 49.1 Å². The molecule has 0 aromatic heterocycles. The van der Waals surface area contributed by atoms with Gasteiger partial charge in [-0.3, -0.25) is 0 Å². The van der Waals surface area contributed by atoms with E-state index in [9.17, 15) is 4.79 Å². The number of hydrogen-bond acceptors (Lipinski definition) is 5. The fraction of sp³-hybridized carbons (Fsp3) is 0.781. The highest BCUT2D eigenvalue weighted by molar-refractivity contribution is 5.91. The molecule has 1 rings (SSSR count). The predicted octanol–water partition coefficient (Wildman–Crippen LogP) is 9.26. The lowest BCUT2D eigenvalue weighted by Crippen LogP contribution is -2.17. The van der Waals surface area contributed by atoms with Crippen LogP contribution < -0.4 is 14.2 Å². The molecule has 214 valence electrons. The SMILES string of the molecule is CCCCC(CC)COc1cc(C(=O)OC)cc(OCC(CC)CCCC)c1OCC(CC)CCCC. The summed E-state index contributed by atoms with van der Waals surface area (Å²) in [4.78, 5) is 12.6. The Kier molecular flexibility index (Phi) is 18.0. The minimum Gasteiger partial charge on any atom is -0.489 e. The molecule has 1 aromatic rings. The van der Waals surface area contributed by atoms with Crippen LogP contribution in [0, 0.1) is 17.8 Å². The van der Waals surface area contributed by atoms with Crippen LogP contribution in [0.15, 0.2) is 12.1 Å². The molecule has 5 nitrogen and oxygen atoms in total. The Labute approximate surface area is 228 Å². The molecule has 3 unspecified atom stereocenters. The quantitative estimate of drug-likeness (QED) is 0.143. The van der Waals surface area contributed by atoms with Crippen LogP contribution in [0.5, 0.6) is 17.2 Å². The zero-order chi connectivity index (χ0) is 27.5. The first-order valence-electron chi connectivity index (χ1n) is 15.1. The van der Waals surface area contributed by atoms with Crippen LogP contribution in [0.2, 0.25) is 0 Å². The minimum atomic E-state index is -0.397. The van der Waals surface area contributed by atoms with Gasteiger partial charge in [-0.15, -0.1) is 0 Å². The molecule has 0 heterocycles. The molecule has 0 saturated carbocycles. The largest absolute Gasteiger partial charge is 0.489 e. The van der Waals surface area contributed by atoms with E-state index in [1.165, 1.54) is 45.6 Å². The fourth-order valence-corrected chi connectivity index (χ4v) is 4.48. The van der Waals surface area contributed by atoms with E-state index >= 15 is 0 Å². The standard InChI is InChI=1S/C32H56O5/c1-8-14-17-25(11-4)22-35-29-20-28(32(33)34-7)21-30(36-23-26(12-5)18-15-9-2)31(29)37-24-27(13-6)19-16-10-3/h20-21,25-27H,8-19,22-24H2,1-7H3. The molecule has 37 heavy (non-hydrogen) atoms. The van der Waals surface area contributed by atoms with Crippen molar-refractivity contribution in [2.24, 2.45) is 17.8 Å². The highest BCUT2D eigenvalue weighted by atomic mass is 16.5. The Morgan fingerprint density at radius 3 is 1.35 bits per heavy atom. The van der Waals surface area contributed by atoms with Crippen molar-refractivity contribution < 1.29 is 23.7 Å². The van der Waals surface area contributed by atoms with Gasteiger partial charge >= 0.3 is 5.97 Å². The van der Waals surface area contributed by atoms with Crippen LogP contribution in [-0.4, -0.2) is 32.9 Å². The third kappa shape index (κ3) is 12.5. The van der Waals surface area contributed by atoms with Gasteiger partial charge in [0.05, 0.1) is 32.5 Å². The monoisotopic (exact) mass is 520 g/mol. The van der Waals surface area contributed by atoms with Crippen molar-refractivity contribution in [3.05, 3.63) is 17.7 Å². The van der Waals surface area contributed by atoms with Gasteiger partial charge in [-0.2, -0.15) is 0 Å². The van der Waals surface area contributed by atoms with Crippen LogP contribution in [0.4, 0.5) is 0 Å². The summed E-state index contributed by atoms with van der Waals surface area (Å²) in [5, 5.41) is 0.